The van der Waals surface area contributed by atoms with E-state index in [1.165, 1.54) is 24.1 Å². The smallest absolute Gasteiger partial charge is 0.139 e. The van der Waals surface area contributed by atoms with E-state index in [0.29, 0.717) is 12.0 Å². The Kier molecular flexibility index (Phi) is 11.4. The van der Waals surface area contributed by atoms with Crippen molar-refractivity contribution in [2.45, 2.75) is 66.8 Å². The molecule has 6 heteroatoms. The highest BCUT2D eigenvalue weighted by atomic mass is 35.5. The molecule has 0 spiro atoms. The summed E-state index contributed by atoms with van der Waals surface area (Å²) in [7, 11) is 0. The number of rotatable bonds is 10. The number of nitrogens with one attached hydrogen (secondary N) is 2. The van der Waals surface area contributed by atoms with E-state index in [2.05, 4.69) is 53.4 Å². The number of halogens is 1. The number of likely N-dealkylation sites (tertiary alicyclic amines) is 1. The number of allylic oxidation sites excluding steroid dienone is 6. The Morgan fingerprint density at radius 1 is 1.19 bits per heavy atom. The molecule has 0 amide bonds. The quantitative estimate of drug-likeness (QED) is 0.290. The van der Waals surface area contributed by atoms with Crippen LogP contribution >= 0.6 is 11.6 Å². The van der Waals surface area contributed by atoms with Gasteiger partial charge in [0.05, 0.1) is 22.0 Å². The summed E-state index contributed by atoms with van der Waals surface area (Å²) in [6.07, 6.45) is 10.8. The molecule has 5 nitrogen and oxygen atoms in total. The van der Waals surface area contributed by atoms with Gasteiger partial charge in [0, 0.05) is 41.8 Å². The molecule has 0 aromatic carbocycles. The number of H-pyrrole nitrogens is 1. The van der Waals surface area contributed by atoms with E-state index in [9.17, 15) is 0 Å². The molecule has 1 aromatic rings. The van der Waals surface area contributed by atoms with Crippen LogP contribution in [0.1, 0.15) is 60.1 Å². The van der Waals surface area contributed by atoms with E-state index in [-0.39, 0.29) is 0 Å². The molecule has 2 N–H and O–H groups in total. The van der Waals surface area contributed by atoms with Gasteiger partial charge in [-0.2, -0.15) is 0 Å². The van der Waals surface area contributed by atoms with E-state index in [4.69, 9.17) is 16.6 Å². The summed E-state index contributed by atoms with van der Waals surface area (Å²) in [6.45, 7) is 29.6. The molecule has 37 heavy (non-hydrogen) atoms. The second-order valence-electron chi connectivity index (χ2n) is 9.91. The zero-order chi connectivity index (χ0) is 27.7. The lowest BCUT2D eigenvalue weighted by molar-refractivity contribution is 0.206. The van der Waals surface area contributed by atoms with E-state index in [1.807, 2.05) is 46.8 Å². The van der Waals surface area contributed by atoms with Crippen molar-refractivity contribution in [3.63, 3.8) is 0 Å². The fourth-order valence-corrected chi connectivity index (χ4v) is 4.19. The second-order valence-corrected chi connectivity index (χ2v) is 10.3. The molecule has 2 fully saturated rings. The van der Waals surface area contributed by atoms with E-state index >= 15 is 0 Å². The van der Waals surface area contributed by atoms with Crippen molar-refractivity contribution < 1.29 is 0 Å². The van der Waals surface area contributed by atoms with Crippen molar-refractivity contribution in [2.24, 2.45) is 15.9 Å². The van der Waals surface area contributed by atoms with Crippen LogP contribution in [0.25, 0.3) is 12.4 Å². The summed E-state index contributed by atoms with van der Waals surface area (Å²) in [5.74, 6) is 1.62. The molecule has 0 unspecified atom stereocenters. The Morgan fingerprint density at radius 3 is 2.30 bits per heavy atom. The third kappa shape index (κ3) is 8.78. The minimum atomic E-state index is 0.442. The molecular formula is C31H44ClN5. The lowest BCUT2D eigenvalue weighted by Gasteiger charge is -2.42. The first-order chi connectivity index (χ1) is 17.5. The standard InChI is InChI=1S/C19H27ClN4.C12H17N/c1-6-16-18(20)17(13(5)23-16)19(21-11(2)3)24-9-15(10-24)22-12(4)14-7-8-14;1-6-8-13-12(10(3)4)9-11(5)7-2/h14-15,22-23H,4-10H2,1-3H3;6-9H,1,3H2,2,4-5H3/b19-17-;11-7-,12-9+,13-8?. The van der Waals surface area contributed by atoms with Crippen LogP contribution < -0.4 is 15.9 Å². The van der Waals surface area contributed by atoms with Crippen LogP contribution in [0, 0.1) is 5.92 Å². The number of aromatic nitrogens is 1. The van der Waals surface area contributed by atoms with Crippen LogP contribution in [0.15, 0.2) is 70.5 Å². The summed E-state index contributed by atoms with van der Waals surface area (Å²) in [5.41, 5.74) is 6.27. The van der Waals surface area contributed by atoms with Crippen molar-refractivity contribution >= 4 is 35.9 Å². The van der Waals surface area contributed by atoms with Gasteiger partial charge in [0.25, 0.3) is 0 Å². The molecule has 0 radical (unpaired) electrons. The van der Waals surface area contributed by atoms with Crippen LogP contribution in [0.5, 0.6) is 0 Å². The van der Waals surface area contributed by atoms with Gasteiger partial charge in [0.1, 0.15) is 5.82 Å². The minimum Gasteiger partial charge on any atom is -0.382 e. The SMILES string of the molecule is C=C(NC1CN(/C(N=C(C)C)=c2\c(Cl)c(CC)[nH]c2=C)C1)C1CC1.C=CC=N/C(=C/C(C)=C\C)C(=C)C. The fraction of sp³-hybridized carbons (Fsp3) is 0.419. The van der Waals surface area contributed by atoms with Crippen molar-refractivity contribution in [1.82, 2.24) is 15.2 Å². The van der Waals surface area contributed by atoms with Crippen molar-refractivity contribution in [1.29, 1.82) is 0 Å². The predicted octanol–water partition coefficient (Wildman–Crippen LogP) is 6.05. The van der Waals surface area contributed by atoms with Crippen molar-refractivity contribution in [2.75, 3.05) is 13.1 Å². The highest BCUT2D eigenvalue weighted by Gasteiger charge is 2.33. The number of aliphatic imine (C=N–C) groups is 2. The average molecular weight is 522 g/mol. The van der Waals surface area contributed by atoms with Gasteiger partial charge in [0.2, 0.25) is 0 Å². The molecule has 0 bridgehead atoms. The van der Waals surface area contributed by atoms with Crippen molar-refractivity contribution in [3.05, 3.63) is 81.8 Å². The third-order valence-corrected chi connectivity index (χ3v) is 6.63. The van der Waals surface area contributed by atoms with E-state index < -0.39 is 0 Å². The lowest BCUT2D eigenvalue weighted by Crippen LogP contribution is -2.57. The number of aryl methyl sites for hydroxylation is 1. The normalized spacial score (nSPS) is 17.0. The van der Waals surface area contributed by atoms with Gasteiger partial charge in [0.15, 0.2) is 0 Å². The van der Waals surface area contributed by atoms with Gasteiger partial charge in [-0.05, 0) is 71.4 Å². The maximum absolute atomic E-state index is 6.59. The lowest BCUT2D eigenvalue weighted by atomic mass is 10.1. The molecule has 1 saturated heterocycles. The topological polar surface area (TPSA) is 55.8 Å². The van der Waals surface area contributed by atoms with Crippen LogP contribution in [0.4, 0.5) is 0 Å². The Labute approximate surface area is 228 Å². The predicted molar refractivity (Wildman–Crippen MR) is 164 cm³/mol. The van der Waals surface area contributed by atoms with Crippen LogP contribution in [-0.4, -0.2) is 40.9 Å². The first-order valence-electron chi connectivity index (χ1n) is 13.0. The number of aromatic amines is 1. The van der Waals surface area contributed by atoms with Gasteiger partial charge >= 0.3 is 0 Å². The second kappa shape index (κ2) is 14.0. The molecule has 1 saturated carbocycles. The first-order valence-corrected chi connectivity index (χ1v) is 13.4. The summed E-state index contributed by atoms with van der Waals surface area (Å²) < 4.78 is 0. The van der Waals surface area contributed by atoms with Crippen molar-refractivity contribution in [3.8, 4) is 0 Å². The Bertz CT molecular complexity index is 1230. The molecule has 1 aromatic heterocycles. The van der Waals surface area contributed by atoms with Gasteiger partial charge in [-0.3, -0.25) is 4.99 Å². The fourth-order valence-electron chi connectivity index (χ4n) is 3.81. The van der Waals surface area contributed by atoms with Gasteiger partial charge in [-0.1, -0.05) is 62.6 Å². The van der Waals surface area contributed by atoms with Gasteiger partial charge < -0.3 is 15.2 Å². The summed E-state index contributed by atoms with van der Waals surface area (Å²) in [6, 6.07) is 0.442. The van der Waals surface area contributed by atoms with Crippen LogP contribution in [0.2, 0.25) is 5.02 Å². The number of nitrogens with zero attached hydrogens (tertiary/aromatic N) is 3. The molecule has 3 rings (SSSR count). The molecule has 2 aliphatic rings. The van der Waals surface area contributed by atoms with E-state index in [0.717, 1.165) is 63.6 Å². The maximum Gasteiger partial charge on any atom is 0.139 e. The largest absolute Gasteiger partial charge is 0.382 e. The highest BCUT2D eigenvalue weighted by Crippen LogP contribution is 2.34. The van der Waals surface area contributed by atoms with Gasteiger partial charge in [-0.15, -0.1) is 0 Å². The molecule has 200 valence electrons. The molecule has 1 aliphatic heterocycles. The average Bonchev–Trinajstić information content (AvgIpc) is 3.63. The Morgan fingerprint density at radius 2 is 1.84 bits per heavy atom. The zero-order valence-electron chi connectivity index (χ0n) is 23.5. The number of hydrogen-bond donors (Lipinski definition) is 2. The highest BCUT2D eigenvalue weighted by molar-refractivity contribution is 6.31. The molecule has 2 heterocycles. The van der Waals surface area contributed by atoms with Crippen LogP contribution in [0.3, 0.4) is 0 Å². The summed E-state index contributed by atoms with van der Waals surface area (Å²) >= 11 is 6.59. The maximum atomic E-state index is 6.59. The zero-order valence-corrected chi connectivity index (χ0v) is 24.3. The first kappa shape index (κ1) is 30.2. The molecule has 0 atom stereocenters. The molecular weight excluding hydrogens is 478 g/mol. The number of hydrogen-bond acceptors (Lipinski definition) is 4. The Hall–Kier alpha value is -3.05. The van der Waals surface area contributed by atoms with Crippen LogP contribution in [-0.2, 0) is 6.42 Å². The third-order valence-electron chi connectivity index (χ3n) is 6.21. The van der Waals surface area contributed by atoms with E-state index in [1.54, 1.807) is 12.3 Å². The van der Waals surface area contributed by atoms with Gasteiger partial charge in [-0.25, -0.2) is 4.99 Å². The minimum absolute atomic E-state index is 0.442. The monoisotopic (exact) mass is 521 g/mol. The summed E-state index contributed by atoms with van der Waals surface area (Å²) in [5, 5.41) is 6.09. The molecule has 1 aliphatic carbocycles. The Balaban J connectivity index is 0.000000317. The summed E-state index contributed by atoms with van der Waals surface area (Å²) in [4.78, 5) is 14.5.